The van der Waals surface area contributed by atoms with Crippen molar-refractivity contribution in [2.75, 3.05) is 0 Å². The highest BCUT2D eigenvalue weighted by molar-refractivity contribution is 6.21. The molecule has 0 spiro atoms. The number of carbonyl (C=O) groups excluding carboxylic acids is 4. The lowest BCUT2D eigenvalue weighted by molar-refractivity contribution is -0.175. The Morgan fingerprint density at radius 2 is 1.70 bits per heavy atom. The number of carbonyl (C=O) groups is 4. The molecule has 1 atom stereocenters. The second kappa shape index (κ2) is 5.49. The molecule has 0 unspecified atom stereocenters. The zero-order chi connectivity index (χ0) is 16.7. The number of likely N-dealkylation sites (tertiary alicyclic amines) is 1. The van der Waals surface area contributed by atoms with Crippen molar-refractivity contribution in [2.45, 2.75) is 38.8 Å². The summed E-state index contributed by atoms with van der Waals surface area (Å²) in [5.74, 6) is -2.23. The Labute approximate surface area is 132 Å². The van der Waals surface area contributed by atoms with Gasteiger partial charge in [-0.15, -0.1) is 0 Å². The van der Waals surface area contributed by atoms with Gasteiger partial charge >= 0.3 is 5.97 Å². The third-order valence-electron chi connectivity index (χ3n) is 4.02. The minimum Gasteiger partial charge on any atom is -0.327 e. The van der Waals surface area contributed by atoms with Crippen LogP contribution in [0.5, 0.6) is 0 Å². The molecule has 0 N–H and O–H groups in total. The fourth-order valence-corrected chi connectivity index (χ4v) is 2.98. The molecular formula is C16H16N2O5. The molecule has 1 aromatic carbocycles. The van der Waals surface area contributed by atoms with Crippen LogP contribution in [0.2, 0.25) is 0 Å². The van der Waals surface area contributed by atoms with Crippen molar-refractivity contribution in [2.24, 2.45) is 0 Å². The highest BCUT2D eigenvalue weighted by atomic mass is 16.7. The second-order valence-electron chi connectivity index (χ2n) is 5.81. The average molecular weight is 316 g/mol. The molecule has 120 valence electrons. The molecule has 2 aliphatic heterocycles. The van der Waals surface area contributed by atoms with E-state index in [-0.39, 0.29) is 29.5 Å². The highest BCUT2D eigenvalue weighted by Crippen LogP contribution is 2.26. The Kier molecular flexibility index (Phi) is 3.63. The Bertz CT molecular complexity index is 677. The van der Waals surface area contributed by atoms with Crippen LogP contribution in [0.15, 0.2) is 24.3 Å². The van der Waals surface area contributed by atoms with Crippen LogP contribution in [-0.2, 0) is 14.4 Å². The largest absolute Gasteiger partial charge is 0.355 e. The van der Waals surface area contributed by atoms with Crippen molar-refractivity contribution < 1.29 is 24.0 Å². The number of hydroxylamine groups is 2. The summed E-state index contributed by atoms with van der Waals surface area (Å²) in [6.07, 6.45) is 0.569. The molecule has 7 heteroatoms. The van der Waals surface area contributed by atoms with Crippen molar-refractivity contribution in [1.82, 2.24) is 9.96 Å². The summed E-state index contributed by atoms with van der Waals surface area (Å²) in [6, 6.07) is 5.33. The molecule has 7 nitrogen and oxygen atoms in total. The van der Waals surface area contributed by atoms with Crippen LogP contribution >= 0.6 is 0 Å². The zero-order valence-corrected chi connectivity index (χ0v) is 12.8. The molecule has 2 aliphatic rings. The number of hydrogen-bond donors (Lipinski definition) is 0. The first-order valence-corrected chi connectivity index (χ1v) is 7.42. The third-order valence-corrected chi connectivity index (χ3v) is 4.02. The molecule has 0 saturated carbocycles. The topological polar surface area (TPSA) is 84.0 Å². The van der Waals surface area contributed by atoms with Gasteiger partial charge in [0.05, 0.1) is 11.1 Å². The van der Waals surface area contributed by atoms with E-state index in [0.29, 0.717) is 11.5 Å². The molecule has 0 aliphatic carbocycles. The summed E-state index contributed by atoms with van der Waals surface area (Å²) in [4.78, 5) is 55.0. The second-order valence-corrected chi connectivity index (χ2v) is 5.81. The molecule has 0 bridgehead atoms. The van der Waals surface area contributed by atoms with E-state index >= 15 is 0 Å². The average Bonchev–Trinajstić information content (AvgIpc) is 3.02. The predicted molar refractivity (Wildman–Crippen MR) is 78.0 cm³/mol. The van der Waals surface area contributed by atoms with E-state index in [1.807, 2.05) is 0 Å². The van der Waals surface area contributed by atoms with Gasteiger partial charge in [-0.3, -0.25) is 14.4 Å². The maximum absolute atomic E-state index is 12.3. The number of fused-ring (bicyclic) bond motifs is 1. The van der Waals surface area contributed by atoms with Gasteiger partial charge in [0.1, 0.15) is 6.04 Å². The van der Waals surface area contributed by atoms with Gasteiger partial charge in [-0.05, 0) is 32.4 Å². The van der Waals surface area contributed by atoms with Gasteiger partial charge in [-0.2, -0.15) is 0 Å². The van der Waals surface area contributed by atoms with Crippen LogP contribution < -0.4 is 0 Å². The van der Waals surface area contributed by atoms with Crippen LogP contribution in [0, 0.1) is 0 Å². The lowest BCUT2D eigenvalue weighted by Crippen LogP contribution is -2.46. The lowest BCUT2D eigenvalue weighted by Gasteiger charge is -2.27. The summed E-state index contributed by atoms with van der Waals surface area (Å²) in [5.41, 5.74) is 0.405. The van der Waals surface area contributed by atoms with E-state index in [2.05, 4.69) is 0 Å². The molecule has 0 radical (unpaired) electrons. The summed E-state index contributed by atoms with van der Waals surface area (Å²) in [7, 11) is 0. The normalized spacial score (nSPS) is 20.5. The summed E-state index contributed by atoms with van der Waals surface area (Å²) in [6.45, 7) is 3.59. The standard InChI is InChI=1S/C16H16N2O5/c1-9(2)17-12(7-8-13(17)19)16(22)23-18-14(20)10-5-3-4-6-11(10)15(18)21/h3-6,9,12H,7-8H2,1-2H3/t12-/m0/s1. The zero-order valence-electron chi connectivity index (χ0n) is 12.8. The van der Waals surface area contributed by atoms with Gasteiger partial charge in [0, 0.05) is 12.5 Å². The van der Waals surface area contributed by atoms with E-state index in [0.717, 1.165) is 0 Å². The van der Waals surface area contributed by atoms with Crippen LogP contribution in [0.4, 0.5) is 0 Å². The Balaban J connectivity index is 1.78. The number of benzene rings is 1. The molecule has 1 fully saturated rings. The van der Waals surface area contributed by atoms with E-state index in [4.69, 9.17) is 4.84 Å². The summed E-state index contributed by atoms with van der Waals surface area (Å²) >= 11 is 0. The van der Waals surface area contributed by atoms with Gasteiger partial charge in [0.15, 0.2) is 0 Å². The molecule has 0 aromatic heterocycles. The van der Waals surface area contributed by atoms with Crippen molar-refractivity contribution >= 4 is 23.7 Å². The fraction of sp³-hybridized carbons (Fsp3) is 0.375. The molecule has 3 amide bonds. The van der Waals surface area contributed by atoms with Crippen LogP contribution in [0.3, 0.4) is 0 Å². The summed E-state index contributed by atoms with van der Waals surface area (Å²) in [5, 5.41) is 0.480. The number of rotatable bonds is 3. The first-order chi connectivity index (χ1) is 10.9. The molecule has 1 saturated heterocycles. The van der Waals surface area contributed by atoms with Gasteiger partial charge in [0.25, 0.3) is 11.8 Å². The highest BCUT2D eigenvalue weighted by Gasteiger charge is 2.43. The number of hydrogen-bond acceptors (Lipinski definition) is 5. The Morgan fingerprint density at radius 1 is 1.13 bits per heavy atom. The van der Waals surface area contributed by atoms with Crippen molar-refractivity contribution in [1.29, 1.82) is 0 Å². The molecule has 23 heavy (non-hydrogen) atoms. The third kappa shape index (κ3) is 2.38. The minimum absolute atomic E-state index is 0.135. The van der Waals surface area contributed by atoms with Crippen molar-refractivity contribution in [3.8, 4) is 0 Å². The summed E-state index contributed by atoms with van der Waals surface area (Å²) < 4.78 is 0. The van der Waals surface area contributed by atoms with Crippen LogP contribution in [0.25, 0.3) is 0 Å². The Hall–Kier alpha value is -2.70. The van der Waals surface area contributed by atoms with Crippen LogP contribution in [0.1, 0.15) is 47.4 Å². The van der Waals surface area contributed by atoms with Gasteiger partial charge < -0.3 is 9.74 Å². The molecular weight excluding hydrogens is 300 g/mol. The quantitative estimate of drug-likeness (QED) is 0.781. The number of amides is 3. The van der Waals surface area contributed by atoms with E-state index < -0.39 is 23.8 Å². The van der Waals surface area contributed by atoms with E-state index in [9.17, 15) is 19.2 Å². The van der Waals surface area contributed by atoms with Crippen molar-refractivity contribution in [3.05, 3.63) is 35.4 Å². The van der Waals surface area contributed by atoms with Crippen molar-refractivity contribution in [3.63, 3.8) is 0 Å². The lowest BCUT2D eigenvalue weighted by atomic mass is 10.1. The first kappa shape index (κ1) is 15.2. The van der Waals surface area contributed by atoms with Gasteiger partial charge in [-0.25, -0.2) is 4.79 Å². The van der Waals surface area contributed by atoms with Crippen LogP contribution in [-0.4, -0.2) is 45.7 Å². The molecule has 1 aromatic rings. The number of nitrogens with zero attached hydrogens (tertiary/aromatic N) is 2. The first-order valence-electron chi connectivity index (χ1n) is 7.42. The Morgan fingerprint density at radius 3 is 2.22 bits per heavy atom. The van der Waals surface area contributed by atoms with E-state index in [1.54, 1.807) is 26.0 Å². The van der Waals surface area contributed by atoms with Gasteiger partial charge in [-0.1, -0.05) is 17.2 Å². The number of imide groups is 1. The maximum Gasteiger partial charge on any atom is 0.355 e. The minimum atomic E-state index is -0.771. The molecule has 3 rings (SSSR count). The van der Waals surface area contributed by atoms with Gasteiger partial charge in [0.2, 0.25) is 5.91 Å². The SMILES string of the molecule is CC(C)N1C(=O)CC[C@H]1C(=O)ON1C(=O)c2ccccc2C1=O. The molecule has 2 heterocycles. The predicted octanol–water partition coefficient (Wildman–Crippen LogP) is 1.14. The van der Waals surface area contributed by atoms with E-state index in [1.165, 1.54) is 17.0 Å². The monoisotopic (exact) mass is 316 g/mol. The maximum atomic E-state index is 12.3. The smallest absolute Gasteiger partial charge is 0.327 e. The fourth-order valence-electron chi connectivity index (χ4n) is 2.98.